The second-order valence-electron chi connectivity index (χ2n) is 9.31. The van der Waals surface area contributed by atoms with Gasteiger partial charge in [-0.2, -0.15) is 10.1 Å². The van der Waals surface area contributed by atoms with Crippen LogP contribution in [0.15, 0.2) is 84.0 Å². The van der Waals surface area contributed by atoms with Gasteiger partial charge in [0.25, 0.3) is 17.7 Å². The molecule has 0 fully saturated rings. The van der Waals surface area contributed by atoms with Crippen molar-refractivity contribution in [2.24, 2.45) is 11.0 Å². The zero-order valence-electron chi connectivity index (χ0n) is 20.4. The Morgan fingerprint density at radius 2 is 1.46 bits per heavy atom. The van der Waals surface area contributed by atoms with Gasteiger partial charge in [0.1, 0.15) is 5.71 Å². The summed E-state index contributed by atoms with van der Waals surface area (Å²) in [6.07, 6.45) is 0. The van der Waals surface area contributed by atoms with Crippen LogP contribution in [0.2, 0.25) is 15.1 Å². The summed E-state index contributed by atoms with van der Waals surface area (Å²) < 4.78 is 0. The Morgan fingerprint density at radius 3 is 2.08 bits per heavy atom. The van der Waals surface area contributed by atoms with Crippen LogP contribution in [0.3, 0.4) is 0 Å². The Morgan fingerprint density at radius 1 is 0.846 bits per heavy atom. The number of benzene rings is 4. The molecular weight excluding hydrogens is 559 g/mol. The maximum Gasteiger partial charge on any atom is 0.286 e. The number of anilines is 1. The van der Waals surface area contributed by atoms with Crippen molar-refractivity contribution < 1.29 is 14.4 Å². The van der Waals surface area contributed by atoms with Crippen LogP contribution in [0, 0.1) is 5.92 Å². The molecule has 1 N–H and O–H groups in total. The highest BCUT2D eigenvalue weighted by Gasteiger charge is 2.42. The van der Waals surface area contributed by atoms with Gasteiger partial charge < -0.3 is 0 Å². The highest BCUT2D eigenvalue weighted by molar-refractivity contribution is 6.42. The van der Waals surface area contributed by atoms with E-state index in [-0.39, 0.29) is 5.71 Å². The minimum Gasteiger partial charge on any atom is -0.267 e. The lowest BCUT2D eigenvalue weighted by atomic mass is 9.91. The van der Waals surface area contributed by atoms with Crippen molar-refractivity contribution in [1.29, 1.82) is 0 Å². The number of carbonyl (C=O) groups excluding carboxylic acids is 3. The van der Waals surface area contributed by atoms with E-state index in [2.05, 4.69) is 10.5 Å². The lowest BCUT2D eigenvalue weighted by molar-refractivity contribution is -0.118. The van der Waals surface area contributed by atoms with E-state index in [9.17, 15) is 14.4 Å². The van der Waals surface area contributed by atoms with E-state index in [4.69, 9.17) is 34.8 Å². The summed E-state index contributed by atoms with van der Waals surface area (Å²) >= 11 is 18.8. The number of hydrogen-bond donors (Lipinski definition) is 1. The average Bonchev–Trinajstić information content (AvgIpc) is 3.26. The Balaban J connectivity index is 1.37. The highest BCUT2D eigenvalue weighted by atomic mass is 35.5. The van der Waals surface area contributed by atoms with E-state index in [0.717, 1.165) is 16.0 Å². The van der Waals surface area contributed by atoms with E-state index < -0.39 is 29.7 Å². The molecule has 39 heavy (non-hydrogen) atoms. The smallest absolute Gasteiger partial charge is 0.267 e. The molecule has 0 saturated heterocycles. The van der Waals surface area contributed by atoms with Crippen LogP contribution in [-0.4, -0.2) is 28.4 Å². The van der Waals surface area contributed by atoms with Gasteiger partial charge in [0.2, 0.25) is 0 Å². The van der Waals surface area contributed by atoms with Gasteiger partial charge in [-0.25, -0.2) is 0 Å². The lowest BCUT2D eigenvalue weighted by Crippen LogP contribution is -2.53. The average molecular weight is 578 g/mol. The summed E-state index contributed by atoms with van der Waals surface area (Å²) in [4.78, 5) is 40.3. The fourth-order valence-electron chi connectivity index (χ4n) is 5.13. The van der Waals surface area contributed by atoms with Gasteiger partial charge in [0.05, 0.1) is 27.9 Å². The molecule has 0 saturated carbocycles. The second kappa shape index (κ2) is 9.68. The molecule has 10 heteroatoms. The fourth-order valence-corrected chi connectivity index (χ4v) is 5.76. The molecular formula is C29H19Cl3N4O3. The molecule has 0 radical (unpaired) electrons. The molecule has 0 unspecified atom stereocenters. The van der Waals surface area contributed by atoms with Gasteiger partial charge in [-0.3, -0.25) is 24.8 Å². The maximum atomic E-state index is 13.6. The van der Waals surface area contributed by atoms with E-state index in [1.807, 2.05) is 31.2 Å². The number of hydrogen-bond acceptors (Lipinski definition) is 5. The second-order valence-corrected chi connectivity index (χ2v) is 10.6. The number of halogens is 3. The first-order valence-electron chi connectivity index (χ1n) is 12.0. The molecule has 2 aliphatic rings. The molecule has 0 aromatic heterocycles. The third kappa shape index (κ3) is 4.23. The van der Waals surface area contributed by atoms with Crippen molar-refractivity contribution in [2.45, 2.75) is 13.0 Å². The monoisotopic (exact) mass is 576 g/mol. The quantitative estimate of drug-likeness (QED) is 0.274. The maximum absolute atomic E-state index is 13.6. The molecule has 4 aromatic rings. The third-order valence-corrected chi connectivity index (χ3v) is 7.76. The Bertz CT molecular complexity index is 1670. The largest absolute Gasteiger partial charge is 0.286 e. The summed E-state index contributed by atoms with van der Waals surface area (Å²) in [6.45, 7) is 1.84. The SMILES string of the molecule is C[C@H]1C(C(=O)NN2C(=O)c3cccc4cccc(c34)C2=O)=NN(c2ccc(Cl)cc2Cl)[C@H]1c1ccc(Cl)cc1. The molecule has 2 heterocycles. The molecule has 0 aliphatic carbocycles. The van der Waals surface area contributed by atoms with Crippen molar-refractivity contribution in [3.8, 4) is 0 Å². The number of rotatable bonds is 4. The number of amides is 3. The first-order chi connectivity index (χ1) is 18.7. The summed E-state index contributed by atoms with van der Waals surface area (Å²) in [7, 11) is 0. The Kier molecular flexibility index (Phi) is 6.30. The van der Waals surface area contributed by atoms with Crippen molar-refractivity contribution in [3.05, 3.63) is 111 Å². The van der Waals surface area contributed by atoms with Crippen molar-refractivity contribution >= 4 is 74.7 Å². The predicted molar refractivity (Wildman–Crippen MR) is 152 cm³/mol. The Labute approximate surface area is 238 Å². The lowest BCUT2D eigenvalue weighted by Gasteiger charge is -2.28. The van der Waals surface area contributed by atoms with Crippen LogP contribution in [0.1, 0.15) is 39.2 Å². The third-order valence-electron chi connectivity index (χ3n) is 6.97. The Hall–Kier alpha value is -3.91. The van der Waals surface area contributed by atoms with Crippen LogP contribution in [0.4, 0.5) is 5.69 Å². The summed E-state index contributed by atoms with van der Waals surface area (Å²) in [5.74, 6) is -2.36. The summed E-state index contributed by atoms with van der Waals surface area (Å²) in [5.41, 5.74) is 4.69. The van der Waals surface area contributed by atoms with Gasteiger partial charge in [-0.05, 0) is 53.4 Å². The van der Waals surface area contributed by atoms with Gasteiger partial charge in [-0.15, -0.1) is 0 Å². The fraction of sp³-hybridized carbons (Fsp3) is 0.103. The van der Waals surface area contributed by atoms with Crippen LogP contribution in [-0.2, 0) is 4.79 Å². The van der Waals surface area contributed by atoms with Crippen LogP contribution in [0.5, 0.6) is 0 Å². The highest BCUT2D eigenvalue weighted by Crippen LogP contribution is 2.42. The summed E-state index contributed by atoms with van der Waals surface area (Å²) in [6, 6.07) is 22.2. The number of hydrazone groups is 1. The minimum absolute atomic E-state index is 0.124. The zero-order valence-corrected chi connectivity index (χ0v) is 22.6. The minimum atomic E-state index is -0.678. The molecule has 7 nitrogen and oxygen atoms in total. The number of carbonyl (C=O) groups is 3. The van der Waals surface area contributed by atoms with E-state index in [0.29, 0.717) is 37.3 Å². The first kappa shape index (κ1) is 25.4. The van der Waals surface area contributed by atoms with Crippen LogP contribution < -0.4 is 10.4 Å². The number of imide groups is 1. The van der Waals surface area contributed by atoms with E-state index >= 15 is 0 Å². The van der Waals surface area contributed by atoms with Crippen molar-refractivity contribution in [2.75, 3.05) is 5.01 Å². The molecule has 2 aliphatic heterocycles. The number of nitrogens with one attached hydrogen (secondary N) is 1. The van der Waals surface area contributed by atoms with Crippen LogP contribution >= 0.6 is 34.8 Å². The molecule has 4 aromatic carbocycles. The summed E-state index contributed by atoms with van der Waals surface area (Å²) in [5, 5.41) is 9.76. The molecule has 6 rings (SSSR count). The molecule has 2 atom stereocenters. The standard InChI is InChI=1S/C29H19Cl3N4O3/c1-15-25(27(37)34-36-28(38)20-6-2-4-16-5-3-7-21(24(16)20)29(36)39)33-35(23-13-12-19(31)14-22(23)32)26(15)17-8-10-18(30)11-9-17/h2-15,26H,1H3,(H,34,37)/t15-,26+/m0/s1. The van der Waals surface area contributed by atoms with Crippen molar-refractivity contribution in [3.63, 3.8) is 0 Å². The van der Waals surface area contributed by atoms with Gasteiger partial charge >= 0.3 is 0 Å². The number of hydrazine groups is 1. The van der Waals surface area contributed by atoms with Gasteiger partial charge in [0.15, 0.2) is 0 Å². The topological polar surface area (TPSA) is 82.1 Å². The van der Waals surface area contributed by atoms with Gasteiger partial charge in [-0.1, -0.05) is 78.1 Å². The van der Waals surface area contributed by atoms with Crippen LogP contribution in [0.25, 0.3) is 10.8 Å². The number of nitrogens with zero attached hydrogens (tertiary/aromatic N) is 3. The van der Waals surface area contributed by atoms with Gasteiger partial charge in [0, 0.05) is 21.3 Å². The predicted octanol–water partition coefficient (Wildman–Crippen LogP) is 6.68. The van der Waals surface area contributed by atoms with E-state index in [1.165, 1.54) is 0 Å². The molecule has 0 bridgehead atoms. The molecule has 3 amide bonds. The first-order valence-corrected chi connectivity index (χ1v) is 13.2. The molecule has 0 spiro atoms. The van der Waals surface area contributed by atoms with E-state index in [1.54, 1.807) is 59.6 Å². The van der Waals surface area contributed by atoms with Crippen molar-refractivity contribution in [1.82, 2.24) is 10.4 Å². The zero-order chi connectivity index (χ0) is 27.4. The molecule has 194 valence electrons. The normalized spacial score (nSPS) is 18.5.